The van der Waals surface area contributed by atoms with E-state index in [1.807, 2.05) is 40.7 Å². The molecule has 2 heterocycles. The quantitative estimate of drug-likeness (QED) is 0.146. The summed E-state index contributed by atoms with van der Waals surface area (Å²) in [5.41, 5.74) is 0.0147. The zero-order valence-corrected chi connectivity index (χ0v) is 31.6. The molecule has 0 radical (unpaired) electrons. The first-order valence-corrected chi connectivity index (χ1v) is 18.7. The number of nitrogens with one attached hydrogen (secondary N) is 2. The highest BCUT2D eigenvalue weighted by molar-refractivity contribution is 5.97. The molecule has 0 saturated carbocycles. The van der Waals surface area contributed by atoms with Crippen molar-refractivity contribution < 1.29 is 19.2 Å². The molecule has 270 valence electrons. The second-order valence-electron chi connectivity index (χ2n) is 15.8. The Balaban J connectivity index is 2.10. The van der Waals surface area contributed by atoms with Gasteiger partial charge in [-0.05, 0) is 70.8 Å². The Labute approximate surface area is 287 Å². The van der Waals surface area contributed by atoms with Crippen LogP contribution in [-0.2, 0) is 19.2 Å². The molecule has 9 heteroatoms. The van der Waals surface area contributed by atoms with E-state index in [-0.39, 0.29) is 47.7 Å². The molecule has 0 bridgehead atoms. The second kappa shape index (κ2) is 19.5. The van der Waals surface area contributed by atoms with Crippen molar-refractivity contribution in [2.24, 2.45) is 11.3 Å². The summed E-state index contributed by atoms with van der Waals surface area (Å²) in [4.78, 5) is 60.2. The fourth-order valence-corrected chi connectivity index (χ4v) is 7.09. The van der Waals surface area contributed by atoms with E-state index in [1.54, 1.807) is 23.8 Å². The summed E-state index contributed by atoms with van der Waals surface area (Å²) in [6.45, 7) is 20.3. The summed E-state index contributed by atoms with van der Waals surface area (Å²) >= 11 is 0. The van der Waals surface area contributed by atoms with Crippen LogP contribution in [0.3, 0.4) is 0 Å². The van der Waals surface area contributed by atoms with Gasteiger partial charge in [0.1, 0.15) is 12.1 Å². The van der Waals surface area contributed by atoms with Crippen LogP contribution in [0, 0.1) is 11.3 Å². The molecule has 0 aromatic carbocycles. The molecule has 0 spiro atoms. The minimum Gasteiger partial charge on any atom is -0.354 e. The Morgan fingerprint density at radius 2 is 1.47 bits per heavy atom. The Morgan fingerprint density at radius 1 is 0.851 bits per heavy atom. The van der Waals surface area contributed by atoms with E-state index in [9.17, 15) is 19.2 Å². The number of hydrogen-bond donors (Lipinski definition) is 2. The van der Waals surface area contributed by atoms with E-state index >= 15 is 0 Å². The summed E-state index contributed by atoms with van der Waals surface area (Å²) in [6.07, 6.45) is 14.5. The first kappa shape index (κ1) is 40.8. The van der Waals surface area contributed by atoms with Crippen molar-refractivity contribution in [1.82, 2.24) is 25.3 Å². The molecule has 9 nitrogen and oxygen atoms in total. The van der Waals surface area contributed by atoms with Gasteiger partial charge in [0.05, 0.1) is 12.1 Å². The number of likely N-dealkylation sites (N-methyl/N-ethyl adjacent to an activating group) is 1. The number of carbonyl (C=O) groups is 4. The number of rotatable bonds is 17. The molecular formula is C38H69N5O4. The van der Waals surface area contributed by atoms with E-state index in [1.165, 1.54) is 32.1 Å². The summed E-state index contributed by atoms with van der Waals surface area (Å²) in [5, 5.41) is 6.22. The molecule has 2 saturated heterocycles. The first-order chi connectivity index (χ1) is 22.1. The Hall–Kier alpha value is -2.42. The average molecular weight is 660 g/mol. The topological polar surface area (TPSA) is 102 Å². The van der Waals surface area contributed by atoms with Gasteiger partial charge in [0.25, 0.3) is 0 Å². The van der Waals surface area contributed by atoms with Gasteiger partial charge < -0.3 is 20.4 Å². The highest BCUT2D eigenvalue weighted by Gasteiger charge is 2.40. The van der Waals surface area contributed by atoms with Crippen LogP contribution < -0.4 is 10.6 Å². The molecule has 2 aliphatic heterocycles. The molecule has 0 aliphatic carbocycles. The SMILES string of the molecule is CCCCCCCCCNC(=O)[C@@H]1CCCN1C(=O)C(C)=C[C@H](C(C)C)N(C)C(=O)[C@@H](NC(=O)[C@H]1CCCCN1C(C)C)C(C)(C)C. The van der Waals surface area contributed by atoms with Gasteiger partial charge in [0.2, 0.25) is 23.6 Å². The van der Waals surface area contributed by atoms with Crippen LogP contribution in [-0.4, -0.2) is 95.2 Å². The maximum atomic E-state index is 14.2. The third-order valence-corrected chi connectivity index (χ3v) is 10.0. The lowest BCUT2D eigenvalue weighted by molar-refractivity contribution is -0.142. The van der Waals surface area contributed by atoms with Crippen LogP contribution in [0.25, 0.3) is 0 Å². The predicted octanol–water partition coefficient (Wildman–Crippen LogP) is 6.07. The van der Waals surface area contributed by atoms with Crippen LogP contribution in [0.1, 0.15) is 139 Å². The molecule has 2 aliphatic rings. The van der Waals surface area contributed by atoms with Crippen LogP contribution in [0.4, 0.5) is 0 Å². The Bertz CT molecular complexity index is 1050. The lowest BCUT2D eigenvalue weighted by Crippen LogP contribution is -2.60. The average Bonchev–Trinajstić information content (AvgIpc) is 3.52. The number of amides is 4. The summed E-state index contributed by atoms with van der Waals surface area (Å²) in [7, 11) is 1.77. The third-order valence-electron chi connectivity index (χ3n) is 10.0. The zero-order chi connectivity index (χ0) is 35.3. The number of likely N-dealkylation sites (tertiary alicyclic amines) is 2. The molecule has 2 N–H and O–H groups in total. The molecule has 0 aromatic rings. The van der Waals surface area contributed by atoms with E-state index in [2.05, 4.69) is 36.3 Å². The molecular weight excluding hydrogens is 590 g/mol. The van der Waals surface area contributed by atoms with E-state index < -0.39 is 17.5 Å². The monoisotopic (exact) mass is 660 g/mol. The lowest BCUT2D eigenvalue weighted by atomic mass is 9.84. The van der Waals surface area contributed by atoms with Gasteiger partial charge in [-0.3, -0.25) is 24.1 Å². The second-order valence-corrected chi connectivity index (χ2v) is 15.8. The van der Waals surface area contributed by atoms with Crippen molar-refractivity contribution in [3.63, 3.8) is 0 Å². The number of nitrogens with zero attached hydrogens (tertiary/aromatic N) is 3. The van der Waals surface area contributed by atoms with Gasteiger partial charge in [-0.1, -0.05) is 92.6 Å². The van der Waals surface area contributed by atoms with E-state index in [0.717, 1.165) is 45.1 Å². The van der Waals surface area contributed by atoms with Crippen LogP contribution in [0.5, 0.6) is 0 Å². The lowest BCUT2D eigenvalue weighted by Gasteiger charge is -2.41. The molecule has 4 amide bonds. The van der Waals surface area contributed by atoms with Gasteiger partial charge in [-0.15, -0.1) is 0 Å². The van der Waals surface area contributed by atoms with Crippen LogP contribution in [0.15, 0.2) is 11.6 Å². The highest BCUT2D eigenvalue weighted by atomic mass is 16.2. The molecule has 47 heavy (non-hydrogen) atoms. The van der Waals surface area contributed by atoms with Gasteiger partial charge in [0, 0.05) is 31.8 Å². The minimum atomic E-state index is -0.718. The van der Waals surface area contributed by atoms with E-state index in [4.69, 9.17) is 0 Å². The highest BCUT2D eigenvalue weighted by Crippen LogP contribution is 2.27. The first-order valence-electron chi connectivity index (χ1n) is 18.7. The summed E-state index contributed by atoms with van der Waals surface area (Å²) < 4.78 is 0. The normalized spacial score (nSPS) is 20.8. The van der Waals surface area contributed by atoms with Gasteiger partial charge in [-0.25, -0.2) is 0 Å². The third kappa shape index (κ3) is 12.2. The van der Waals surface area contributed by atoms with Crippen molar-refractivity contribution in [3.05, 3.63) is 11.6 Å². The fraction of sp³-hybridized carbons (Fsp3) is 0.842. The van der Waals surface area contributed by atoms with Crippen molar-refractivity contribution in [3.8, 4) is 0 Å². The van der Waals surface area contributed by atoms with Crippen molar-refractivity contribution in [2.75, 3.05) is 26.7 Å². The van der Waals surface area contributed by atoms with Crippen LogP contribution >= 0.6 is 0 Å². The zero-order valence-electron chi connectivity index (χ0n) is 31.6. The Morgan fingerprint density at radius 3 is 2.06 bits per heavy atom. The molecule has 0 unspecified atom stereocenters. The number of hydrogen-bond acceptors (Lipinski definition) is 5. The number of unbranched alkanes of at least 4 members (excludes halogenated alkanes) is 6. The number of piperidine rings is 1. The van der Waals surface area contributed by atoms with Crippen molar-refractivity contribution in [1.29, 1.82) is 0 Å². The van der Waals surface area contributed by atoms with Gasteiger partial charge in [0.15, 0.2) is 0 Å². The fourth-order valence-electron chi connectivity index (χ4n) is 7.09. The van der Waals surface area contributed by atoms with E-state index in [0.29, 0.717) is 25.1 Å². The Kier molecular flexibility index (Phi) is 16.9. The number of carbonyl (C=O) groups excluding carboxylic acids is 4. The van der Waals surface area contributed by atoms with Crippen molar-refractivity contribution in [2.45, 2.75) is 170 Å². The largest absolute Gasteiger partial charge is 0.354 e. The molecule has 2 rings (SSSR count). The summed E-state index contributed by atoms with van der Waals surface area (Å²) in [5.74, 6) is -0.459. The molecule has 4 atom stereocenters. The maximum absolute atomic E-state index is 14.2. The smallest absolute Gasteiger partial charge is 0.249 e. The van der Waals surface area contributed by atoms with Crippen molar-refractivity contribution >= 4 is 23.6 Å². The minimum absolute atomic E-state index is 0.0254. The predicted molar refractivity (Wildman–Crippen MR) is 192 cm³/mol. The maximum Gasteiger partial charge on any atom is 0.249 e. The van der Waals surface area contributed by atoms with Gasteiger partial charge in [-0.2, -0.15) is 0 Å². The van der Waals surface area contributed by atoms with Crippen LogP contribution in [0.2, 0.25) is 0 Å². The van der Waals surface area contributed by atoms with Gasteiger partial charge >= 0.3 is 0 Å². The standard InChI is InChI=1S/C38H69N5O4/c1-11-12-13-14-15-16-18-23-39-34(44)30-22-20-25-43(30)36(46)29(6)26-32(27(2)3)41(10)37(47)33(38(7,8)9)40-35(45)31-21-17-19-24-42(31)28(4)5/h26-28,30-33H,11-25H2,1-10H3,(H,39,44)(H,40,45)/t30-,31+,32+,33+/m0/s1. The summed E-state index contributed by atoms with van der Waals surface area (Å²) in [6, 6.07) is -1.53. The molecule has 0 aromatic heterocycles. The molecule has 2 fully saturated rings.